The van der Waals surface area contributed by atoms with E-state index in [-0.39, 0.29) is 24.5 Å². The summed E-state index contributed by atoms with van der Waals surface area (Å²) in [5.74, 6) is -0.431. The fourth-order valence-electron chi connectivity index (χ4n) is 2.07. The van der Waals surface area contributed by atoms with Crippen LogP contribution in [0.1, 0.15) is 53.0 Å². The van der Waals surface area contributed by atoms with E-state index in [2.05, 4.69) is 5.32 Å². The van der Waals surface area contributed by atoms with Crippen LogP contribution in [0.25, 0.3) is 0 Å². The van der Waals surface area contributed by atoms with Crippen molar-refractivity contribution in [1.29, 1.82) is 0 Å². The number of benzene rings is 1. The largest absolute Gasteiger partial charge is 0.461 e. The predicted octanol–water partition coefficient (Wildman–Crippen LogP) is 4.06. The van der Waals surface area contributed by atoms with E-state index in [4.69, 9.17) is 9.47 Å². The Hall–Kier alpha value is -2.04. The summed E-state index contributed by atoms with van der Waals surface area (Å²) < 4.78 is 10.5. The molecule has 0 aliphatic rings. The molecule has 5 heteroatoms. The van der Waals surface area contributed by atoms with E-state index in [0.29, 0.717) is 12.8 Å². The summed E-state index contributed by atoms with van der Waals surface area (Å²) in [5, 5.41) is 2.78. The summed E-state index contributed by atoms with van der Waals surface area (Å²) in [6.45, 7) is 9.49. The standard InChI is InChI=1S/C19H29NO4/c1-14(17(21)23-13-16-9-7-6-8-10-16)11-12-15(2)20-18(22)24-19(3,4)5/h6-10,14-15H,11-13H2,1-5H3,(H,20,22)/t14-,15?/m0/s1. The van der Waals surface area contributed by atoms with Crippen molar-refractivity contribution in [2.75, 3.05) is 0 Å². The zero-order valence-electron chi connectivity index (χ0n) is 15.3. The van der Waals surface area contributed by atoms with Crippen LogP contribution in [-0.4, -0.2) is 23.7 Å². The summed E-state index contributed by atoms with van der Waals surface area (Å²) in [6.07, 6.45) is 0.889. The SMILES string of the molecule is CC(CC[C@H](C)C(=O)OCc1ccccc1)NC(=O)OC(C)(C)C. The number of rotatable bonds is 7. The molecule has 1 N–H and O–H groups in total. The highest BCUT2D eigenvalue weighted by molar-refractivity contribution is 5.72. The smallest absolute Gasteiger partial charge is 0.407 e. The van der Waals surface area contributed by atoms with Crippen LogP contribution in [0.3, 0.4) is 0 Å². The second-order valence-corrected chi connectivity index (χ2v) is 7.12. The van der Waals surface area contributed by atoms with Crippen LogP contribution in [0.15, 0.2) is 30.3 Å². The van der Waals surface area contributed by atoms with Gasteiger partial charge in [-0.3, -0.25) is 4.79 Å². The fourth-order valence-corrected chi connectivity index (χ4v) is 2.07. The van der Waals surface area contributed by atoms with E-state index in [0.717, 1.165) is 5.56 Å². The van der Waals surface area contributed by atoms with Crippen LogP contribution < -0.4 is 5.32 Å². The van der Waals surface area contributed by atoms with Crippen molar-refractivity contribution in [2.45, 2.75) is 65.7 Å². The van der Waals surface area contributed by atoms with E-state index in [1.165, 1.54) is 0 Å². The van der Waals surface area contributed by atoms with Gasteiger partial charge in [0.1, 0.15) is 12.2 Å². The van der Waals surface area contributed by atoms with Crippen LogP contribution >= 0.6 is 0 Å². The van der Waals surface area contributed by atoms with Gasteiger partial charge in [0.2, 0.25) is 0 Å². The number of hydrogen-bond donors (Lipinski definition) is 1. The molecule has 1 amide bonds. The van der Waals surface area contributed by atoms with Gasteiger partial charge in [0.05, 0.1) is 5.92 Å². The molecule has 24 heavy (non-hydrogen) atoms. The van der Waals surface area contributed by atoms with Crippen molar-refractivity contribution in [3.8, 4) is 0 Å². The maximum Gasteiger partial charge on any atom is 0.407 e. The number of amides is 1. The molecule has 0 radical (unpaired) electrons. The zero-order chi connectivity index (χ0) is 18.2. The maximum atomic E-state index is 12.0. The molecule has 0 aliphatic carbocycles. The fraction of sp³-hybridized carbons (Fsp3) is 0.579. The molecule has 0 saturated carbocycles. The lowest BCUT2D eigenvalue weighted by molar-refractivity contribution is -0.149. The minimum Gasteiger partial charge on any atom is -0.461 e. The summed E-state index contributed by atoms with van der Waals surface area (Å²) in [6, 6.07) is 9.53. The molecule has 1 rings (SSSR count). The first-order chi connectivity index (χ1) is 11.2. The van der Waals surface area contributed by atoms with Gasteiger partial charge in [-0.15, -0.1) is 0 Å². The van der Waals surface area contributed by atoms with Crippen molar-refractivity contribution in [3.05, 3.63) is 35.9 Å². The summed E-state index contributed by atoms with van der Waals surface area (Å²) in [7, 11) is 0. The Morgan fingerprint density at radius 1 is 1.08 bits per heavy atom. The third-order valence-electron chi connectivity index (χ3n) is 3.42. The van der Waals surface area contributed by atoms with Gasteiger partial charge < -0.3 is 14.8 Å². The Kier molecular flexibility index (Phi) is 7.75. The van der Waals surface area contributed by atoms with Gasteiger partial charge in [-0.25, -0.2) is 4.79 Å². The minimum absolute atomic E-state index is 0.0655. The lowest BCUT2D eigenvalue weighted by Gasteiger charge is -2.22. The molecular weight excluding hydrogens is 306 g/mol. The number of carbonyl (C=O) groups is 2. The summed E-state index contributed by atoms with van der Waals surface area (Å²) >= 11 is 0. The Bertz CT molecular complexity index is 522. The lowest BCUT2D eigenvalue weighted by atomic mass is 10.0. The predicted molar refractivity (Wildman–Crippen MR) is 93.5 cm³/mol. The van der Waals surface area contributed by atoms with Gasteiger partial charge in [0.25, 0.3) is 0 Å². The molecule has 0 aromatic heterocycles. The highest BCUT2D eigenvalue weighted by Crippen LogP contribution is 2.13. The van der Waals surface area contributed by atoms with Crippen LogP contribution in [-0.2, 0) is 20.9 Å². The number of alkyl carbamates (subject to hydrolysis) is 1. The zero-order valence-corrected chi connectivity index (χ0v) is 15.3. The van der Waals surface area contributed by atoms with Gasteiger partial charge in [-0.2, -0.15) is 0 Å². The van der Waals surface area contributed by atoms with Gasteiger partial charge >= 0.3 is 12.1 Å². The first-order valence-corrected chi connectivity index (χ1v) is 8.37. The quantitative estimate of drug-likeness (QED) is 0.763. The second kappa shape index (κ2) is 9.30. The molecule has 0 aliphatic heterocycles. The van der Waals surface area contributed by atoms with E-state index < -0.39 is 11.7 Å². The molecule has 2 atom stereocenters. The van der Waals surface area contributed by atoms with E-state index in [9.17, 15) is 9.59 Å². The van der Waals surface area contributed by atoms with Gasteiger partial charge in [0, 0.05) is 6.04 Å². The topological polar surface area (TPSA) is 64.6 Å². The Morgan fingerprint density at radius 2 is 1.71 bits per heavy atom. The Labute approximate surface area is 144 Å². The third-order valence-corrected chi connectivity index (χ3v) is 3.42. The van der Waals surface area contributed by atoms with Gasteiger partial charge in [-0.05, 0) is 46.1 Å². The van der Waals surface area contributed by atoms with Crippen molar-refractivity contribution in [2.24, 2.45) is 5.92 Å². The average molecular weight is 335 g/mol. The molecule has 0 fully saturated rings. The Balaban J connectivity index is 2.27. The van der Waals surface area contributed by atoms with Crippen LogP contribution in [0.2, 0.25) is 0 Å². The average Bonchev–Trinajstić information content (AvgIpc) is 2.49. The molecule has 134 valence electrons. The van der Waals surface area contributed by atoms with E-state index >= 15 is 0 Å². The highest BCUT2D eigenvalue weighted by Gasteiger charge is 2.19. The van der Waals surface area contributed by atoms with Gasteiger partial charge in [0.15, 0.2) is 0 Å². The van der Waals surface area contributed by atoms with Crippen LogP contribution in [0.4, 0.5) is 4.79 Å². The van der Waals surface area contributed by atoms with Crippen molar-refractivity contribution < 1.29 is 19.1 Å². The number of carbonyl (C=O) groups excluding carboxylic acids is 2. The first-order valence-electron chi connectivity index (χ1n) is 8.37. The minimum atomic E-state index is -0.516. The lowest BCUT2D eigenvalue weighted by Crippen LogP contribution is -2.38. The molecule has 5 nitrogen and oxygen atoms in total. The van der Waals surface area contributed by atoms with E-state index in [1.54, 1.807) is 0 Å². The molecule has 1 aromatic carbocycles. The monoisotopic (exact) mass is 335 g/mol. The number of hydrogen-bond acceptors (Lipinski definition) is 4. The second-order valence-electron chi connectivity index (χ2n) is 7.12. The Morgan fingerprint density at radius 3 is 2.29 bits per heavy atom. The third kappa shape index (κ3) is 8.56. The molecule has 0 heterocycles. The van der Waals surface area contributed by atoms with Crippen molar-refractivity contribution >= 4 is 12.1 Å². The summed E-state index contributed by atoms with van der Waals surface area (Å²) in [5.41, 5.74) is 0.455. The molecule has 0 spiro atoms. The molecule has 0 bridgehead atoms. The number of ether oxygens (including phenoxy) is 2. The highest BCUT2D eigenvalue weighted by atomic mass is 16.6. The molecular formula is C19H29NO4. The van der Waals surface area contributed by atoms with Crippen molar-refractivity contribution in [3.63, 3.8) is 0 Å². The maximum absolute atomic E-state index is 12.0. The van der Waals surface area contributed by atoms with E-state index in [1.807, 2.05) is 65.0 Å². The number of esters is 1. The summed E-state index contributed by atoms with van der Waals surface area (Å²) in [4.78, 5) is 23.7. The number of nitrogens with one attached hydrogen (secondary N) is 1. The van der Waals surface area contributed by atoms with Crippen LogP contribution in [0.5, 0.6) is 0 Å². The normalized spacial score (nSPS) is 13.7. The molecule has 1 unspecified atom stereocenters. The van der Waals surface area contributed by atoms with Crippen LogP contribution in [0, 0.1) is 5.92 Å². The molecule has 0 saturated heterocycles. The van der Waals surface area contributed by atoms with Gasteiger partial charge in [-0.1, -0.05) is 37.3 Å². The molecule has 1 aromatic rings. The van der Waals surface area contributed by atoms with Crippen molar-refractivity contribution in [1.82, 2.24) is 5.32 Å². The first kappa shape index (κ1) is 20.0.